The molecule has 1 fully saturated rings. The van der Waals surface area contributed by atoms with Gasteiger partial charge >= 0.3 is 0 Å². The zero-order chi connectivity index (χ0) is 19.7. The summed E-state index contributed by atoms with van der Waals surface area (Å²) in [6, 6.07) is 17.1. The van der Waals surface area contributed by atoms with Crippen LogP contribution < -0.4 is 10.2 Å². The maximum absolute atomic E-state index is 12.8. The van der Waals surface area contributed by atoms with Gasteiger partial charge in [-0.1, -0.05) is 30.3 Å². The largest absolute Gasteiger partial charge is 0.378 e. The Bertz CT molecular complexity index is 911. The Balaban J connectivity index is 1.45. The van der Waals surface area contributed by atoms with E-state index in [1.54, 1.807) is 0 Å². The van der Waals surface area contributed by atoms with Crippen LogP contribution in [0.4, 0.5) is 5.69 Å². The third kappa shape index (κ3) is 3.38. The van der Waals surface area contributed by atoms with Crippen molar-refractivity contribution >= 4 is 23.2 Å². The predicted molar refractivity (Wildman–Crippen MR) is 110 cm³/mol. The van der Waals surface area contributed by atoms with Crippen LogP contribution in [0.1, 0.15) is 28.8 Å². The van der Waals surface area contributed by atoms with Gasteiger partial charge in [0.25, 0.3) is 11.8 Å². The molecule has 2 aromatic carbocycles. The number of anilines is 1. The summed E-state index contributed by atoms with van der Waals surface area (Å²) in [5.41, 5.74) is 2.47. The molecule has 6 heteroatoms. The number of likely N-dealkylation sites (tertiary alicyclic amines) is 1. The van der Waals surface area contributed by atoms with E-state index in [4.69, 9.17) is 4.99 Å². The molecule has 0 saturated carbocycles. The number of hydrogen-bond acceptors (Lipinski definition) is 4. The van der Waals surface area contributed by atoms with Crippen molar-refractivity contribution in [2.45, 2.75) is 18.5 Å². The molecule has 2 aliphatic heterocycles. The molecule has 6 nitrogen and oxygen atoms in total. The van der Waals surface area contributed by atoms with Gasteiger partial charge in [0.15, 0.2) is 0 Å². The van der Waals surface area contributed by atoms with Gasteiger partial charge in [-0.05, 0) is 24.3 Å². The molecule has 2 heterocycles. The average molecular weight is 376 g/mol. The Kier molecular flexibility index (Phi) is 4.63. The first-order chi connectivity index (χ1) is 13.5. The average Bonchev–Trinajstić information content (AvgIpc) is 3.04. The molecule has 144 valence electrons. The number of nitrogens with one attached hydrogen (secondary N) is 1. The highest BCUT2D eigenvalue weighted by Crippen LogP contribution is 2.29. The summed E-state index contributed by atoms with van der Waals surface area (Å²) in [5.74, 6) is -0.109. The van der Waals surface area contributed by atoms with E-state index >= 15 is 0 Å². The van der Waals surface area contributed by atoms with E-state index in [-0.39, 0.29) is 11.8 Å². The number of piperidine rings is 1. The minimum Gasteiger partial charge on any atom is -0.378 e. The molecule has 2 aliphatic rings. The highest BCUT2D eigenvalue weighted by Gasteiger charge is 2.42. The molecular weight excluding hydrogens is 352 g/mol. The van der Waals surface area contributed by atoms with E-state index in [0.717, 1.165) is 11.3 Å². The first-order valence-electron chi connectivity index (χ1n) is 9.52. The van der Waals surface area contributed by atoms with E-state index in [9.17, 15) is 9.59 Å². The van der Waals surface area contributed by atoms with Gasteiger partial charge in [-0.15, -0.1) is 0 Å². The molecule has 0 radical (unpaired) electrons. The number of aliphatic imine (C=N–C) groups is 1. The third-order valence-electron chi connectivity index (χ3n) is 5.44. The van der Waals surface area contributed by atoms with E-state index < -0.39 is 5.66 Å². The molecule has 0 aliphatic carbocycles. The van der Waals surface area contributed by atoms with Gasteiger partial charge in [0.2, 0.25) is 0 Å². The normalized spacial score (nSPS) is 18.0. The number of benzene rings is 2. The Morgan fingerprint density at radius 2 is 1.68 bits per heavy atom. The van der Waals surface area contributed by atoms with Crippen LogP contribution in [-0.2, 0) is 4.79 Å². The molecule has 1 spiro atoms. The highest BCUT2D eigenvalue weighted by molar-refractivity contribution is 6.46. The lowest BCUT2D eigenvalue weighted by Crippen LogP contribution is -2.52. The van der Waals surface area contributed by atoms with Crippen molar-refractivity contribution in [3.63, 3.8) is 0 Å². The van der Waals surface area contributed by atoms with Gasteiger partial charge in [0.1, 0.15) is 11.4 Å². The fraction of sp³-hybridized carbons (Fsp3) is 0.318. The number of carbonyl (C=O) groups is 2. The van der Waals surface area contributed by atoms with Crippen molar-refractivity contribution in [3.8, 4) is 0 Å². The fourth-order valence-corrected chi connectivity index (χ4v) is 3.76. The maximum atomic E-state index is 12.8. The molecule has 0 unspecified atom stereocenters. The summed E-state index contributed by atoms with van der Waals surface area (Å²) in [5, 5.41) is 3.05. The van der Waals surface area contributed by atoms with Crippen LogP contribution in [0.5, 0.6) is 0 Å². The summed E-state index contributed by atoms with van der Waals surface area (Å²) in [6.07, 6.45) is 1.24. The van der Waals surface area contributed by atoms with Crippen LogP contribution in [0.15, 0.2) is 59.6 Å². The predicted octanol–water partition coefficient (Wildman–Crippen LogP) is 2.30. The summed E-state index contributed by atoms with van der Waals surface area (Å²) >= 11 is 0. The molecular formula is C22H24N4O2. The van der Waals surface area contributed by atoms with Crippen molar-refractivity contribution < 1.29 is 9.59 Å². The second-order valence-electron chi connectivity index (χ2n) is 7.55. The minimum atomic E-state index is -0.589. The first kappa shape index (κ1) is 18.2. The molecule has 2 amide bonds. The molecule has 2 aromatic rings. The van der Waals surface area contributed by atoms with Crippen molar-refractivity contribution in [2.24, 2.45) is 4.99 Å². The Labute approximate surface area is 164 Å². The third-order valence-corrected chi connectivity index (χ3v) is 5.44. The molecule has 0 atom stereocenters. The zero-order valence-corrected chi connectivity index (χ0v) is 16.2. The molecule has 28 heavy (non-hydrogen) atoms. The van der Waals surface area contributed by atoms with Crippen molar-refractivity contribution in [3.05, 3.63) is 65.7 Å². The lowest BCUT2D eigenvalue weighted by atomic mass is 9.97. The van der Waals surface area contributed by atoms with Gasteiger partial charge < -0.3 is 15.1 Å². The number of hydrogen-bond donors (Lipinski definition) is 1. The Morgan fingerprint density at radius 3 is 2.29 bits per heavy atom. The highest BCUT2D eigenvalue weighted by atomic mass is 16.2. The lowest BCUT2D eigenvalue weighted by molar-refractivity contribution is -0.115. The van der Waals surface area contributed by atoms with E-state index in [1.165, 1.54) is 0 Å². The van der Waals surface area contributed by atoms with Crippen molar-refractivity contribution in [2.75, 3.05) is 32.1 Å². The second-order valence-corrected chi connectivity index (χ2v) is 7.55. The molecule has 0 aromatic heterocycles. The van der Waals surface area contributed by atoms with Gasteiger partial charge in [0.05, 0.1) is 0 Å². The summed E-state index contributed by atoms with van der Waals surface area (Å²) in [7, 11) is 3.95. The molecule has 0 bridgehead atoms. The lowest BCUT2D eigenvalue weighted by Gasteiger charge is -2.37. The SMILES string of the molecule is CN(C)c1ccc(C(=O)N2CCC3(CC2)N=C(c2ccccc2)C(=O)N3)cc1. The van der Waals surface area contributed by atoms with Crippen LogP contribution >= 0.6 is 0 Å². The molecule has 1 saturated heterocycles. The Morgan fingerprint density at radius 1 is 1.04 bits per heavy atom. The van der Waals surface area contributed by atoms with Gasteiger partial charge in [0, 0.05) is 56.8 Å². The Hall–Kier alpha value is -3.15. The van der Waals surface area contributed by atoms with Crippen LogP contribution in [0, 0.1) is 0 Å². The van der Waals surface area contributed by atoms with Gasteiger partial charge in [-0.25, -0.2) is 0 Å². The summed E-state index contributed by atoms with van der Waals surface area (Å²) < 4.78 is 0. The number of nitrogens with zero attached hydrogens (tertiary/aromatic N) is 3. The van der Waals surface area contributed by atoms with Crippen LogP contribution in [0.3, 0.4) is 0 Å². The van der Waals surface area contributed by atoms with E-state index in [0.29, 0.717) is 37.2 Å². The topological polar surface area (TPSA) is 65.0 Å². The standard InChI is InChI=1S/C22H24N4O2/c1-25(2)18-10-8-17(9-11-18)21(28)26-14-12-22(13-15-26)23-19(20(27)24-22)16-6-4-3-5-7-16/h3-11H,12-15H2,1-2H3,(H,24,27). The second kappa shape index (κ2) is 7.11. The van der Waals surface area contributed by atoms with E-state index in [2.05, 4.69) is 5.32 Å². The number of carbonyl (C=O) groups excluding carboxylic acids is 2. The zero-order valence-electron chi connectivity index (χ0n) is 16.2. The van der Waals surface area contributed by atoms with Crippen LogP contribution in [-0.4, -0.2) is 55.3 Å². The quantitative estimate of drug-likeness (QED) is 0.894. The van der Waals surface area contributed by atoms with Crippen molar-refractivity contribution in [1.82, 2.24) is 10.2 Å². The summed E-state index contributed by atoms with van der Waals surface area (Å²) in [6.45, 7) is 1.14. The monoisotopic (exact) mass is 376 g/mol. The molecule has 1 N–H and O–H groups in total. The van der Waals surface area contributed by atoms with E-state index in [1.807, 2.05) is 78.5 Å². The minimum absolute atomic E-state index is 0.0248. The van der Waals surface area contributed by atoms with Crippen molar-refractivity contribution in [1.29, 1.82) is 0 Å². The smallest absolute Gasteiger partial charge is 0.272 e. The van der Waals surface area contributed by atoms with Gasteiger partial charge in [-0.3, -0.25) is 14.6 Å². The number of amides is 2. The fourth-order valence-electron chi connectivity index (χ4n) is 3.76. The number of rotatable bonds is 3. The molecule has 4 rings (SSSR count). The van der Waals surface area contributed by atoms with Gasteiger partial charge in [-0.2, -0.15) is 0 Å². The van der Waals surface area contributed by atoms with Crippen LogP contribution in [0.2, 0.25) is 0 Å². The maximum Gasteiger partial charge on any atom is 0.272 e. The van der Waals surface area contributed by atoms with Crippen LogP contribution in [0.25, 0.3) is 0 Å². The summed E-state index contributed by atoms with van der Waals surface area (Å²) in [4.78, 5) is 33.9. The first-order valence-corrected chi connectivity index (χ1v) is 9.52.